The Morgan fingerprint density at radius 2 is 1.65 bits per heavy atom. The Kier molecular flexibility index (Phi) is 10.1. The van der Waals surface area contributed by atoms with Gasteiger partial charge in [0.1, 0.15) is 6.04 Å². The van der Waals surface area contributed by atoms with Crippen molar-refractivity contribution in [1.29, 1.82) is 0 Å². The van der Waals surface area contributed by atoms with Crippen LogP contribution < -0.4 is 5.32 Å². The number of benzene rings is 2. The van der Waals surface area contributed by atoms with Gasteiger partial charge in [-0.1, -0.05) is 61.3 Å². The van der Waals surface area contributed by atoms with E-state index in [1.54, 1.807) is 36.4 Å². The van der Waals surface area contributed by atoms with E-state index in [0.717, 1.165) is 16.3 Å². The van der Waals surface area contributed by atoms with Gasteiger partial charge in [-0.05, 0) is 50.5 Å². The van der Waals surface area contributed by atoms with Gasteiger partial charge < -0.3 is 10.2 Å². The van der Waals surface area contributed by atoms with E-state index in [1.807, 2.05) is 27.7 Å². The zero-order valence-corrected chi connectivity index (χ0v) is 22.0. The number of likely N-dealkylation sites (N-methyl/N-ethyl adjacent to an activating group) is 1. The van der Waals surface area contributed by atoms with Crippen molar-refractivity contribution >= 4 is 33.4 Å². The third kappa shape index (κ3) is 7.04. The van der Waals surface area contributed by atoms with E-state index in [0.29, 0.717) is 17.0 Å². The monoisotopic (exact) mass is 507 g/mol. The number of carbonyl (C=O) groups excluding carboxylic acids is 2. The van der Waals surface area contributed by atoms with Gasteiger partial charge in [0.2, 0.25) is 21.8 Å². The van der Waals surface area contributed by atoms with Gasteiger partial charge in [-0.3, -0.25) is 9.59 Å². The van der Waals surface area contributed by atoms with E-state index in [1.165, 1.54) is 24.1 Å². The van der Waals surface area contributed by atoms with Gasteiger partial charge in [0.25, 0.3) is 0 Å². The van der Waals surface area contributed by atoms with Gasteiger partial charge >= 0.3 is 0 Å². The van der Waals surface area contributed by atoms with E-state index in [9.17, 15) is 18.0 Å². The zero-order valence-electron chi connectivity index (χ0n) is 20.4. The summed E-state index contributed by atoms with van der Waals surface area (Å²) in [5, 5.41) is 3.40. The Labute approximate surface area is 208 Å². The molecular weight excluding hydrogens is 474 g/mol. The first kappa shape index (κ1) is 27.8. The lowest BCUT2D eigenvalue weighted by atomic mass is 10.1. The molecule has 2 atom stereocenters. The van der Waals surface area contributed by atoms with Crippen LogP contribution in [0.1, 0.15) is 44.7 Å². The first-order valence-corrected chi connectivity index (χ1v) is 13.2. The summed E-state index contributed by atoms with van der Waals surface area (Å²) in [6, 6.07) is 12.7. The summed E-state index contributed by atoms with van der Waals surface area (Å²) in [6.07, 6.45) is 1.12. The maximum absolute atomic E-state index is 13.5. The second-order valence-corrected chi connectivity index (χ2v) is 10.9. The number of aryl methyl sites for hydroxylation is 1. The second-order valence-electron chi connectivity index (χ2n) is 8.43. The Morgan fingerprint density at radius 3 is 2.21 bits per heavy atom. The number of hydrogen-bond donors (Lipinski definition) is 1. The van der Waals surface area contributed by atoms with Crippen LogP contribution in [0.4, 0.5) is 0 Å². The number of hydrogen-bond acceptors (Lipinski definition) is 4. The normalized spacial score (nSPS) is 13.4. The lowest BCUT2D eigenvalue weighted by Crippen LogP contribution is -2.53. The van der Waals surface area contributed by atoms with Crippen molar-refractivity contribution in [3.05, 3.63) is 64.7 Å². The molecule has 0 aliphatic rings. The molecule has 0 radical (unpaired) electrons. The summed E-state index contributed by atoms with van der Waals surface area (Å²) < 4.78 is 27.1. The van der Waals surface area contributed by atoms with Crippen molar-refractivity contribution < 1.29 is 18.0 Å². The molecule has 0 aliphatic carbocycles. The largest absolute Gasteiger partial charge is 0.352 e. The van der Waals surface area contributed by atoms with E-state index in [-0.39, 0.29) is 23.4 Å². The number of amides is 2. The van der Waals surface area contributed by atoms with Crippen molar-refractivity contribution in [2.24, 2.45) is 0 Å². The van der Waals surface area contributed by atoms with Crippen molar-refractivity contribution in [3.8, 4) is 0 Å². The maximum Gasteiger partial charge on any atom is 0.243 e. The quantitative estimate of drug-likeness (QED) is 0.498. The van der Waals surface area contributed by atoms with Crippen LogP contribution in [0.25, 0.3) is 0 Å². The molecule has 0 saturated carbocycles. The summed E-state index contributed by atoms with van der Waals surface area (Å²) in [5.41, 5.74) is 1.61. The standard InChI is InChI=1S/C25H34ClN3O4S/c1-6-19(4)27-25(31)23(7-2)29(16-20-10-8-9-11-22(20)26)24(30)17-28(5)34(32,33)21-14-12-18(3)13-15-21/h8-15,19,23H,6-7,16-17H2,1-5H3,(H,27,31)/t19-,23-/m0/s1. The Balaban J connectivity index is 2.34. The van der Waals surface area contributed by atoms with Crippen LogP contribution in [0.15, 0.2) is 53.4 Å². The number of halogens is 1. The van der Waals surface area contributed by atoms with Crippen LogP contribution in [0.5, 0.6) is 0 Å². The van der Waals surface area contributed by atoms with Crippen molar-refractivity contribution in [1.82, 2.24) is 14.5 Å². The Hall–Kier alpha value is -2.42. The predicted octanol–water partition coefficient (Wildman–Crippen LogP) is 3.99. The highest BCUT2D eigenvalue weighted by Gasteiger charge is 2.32. The third-order valence-corrected chi connectivity index (χ3v) is 7.96. The average molecular weight is 508 g/mol. The highest BCUT2D eigenvalue weighted by Crippen LogP contribution is 2.21. The van der Waals surface area contributed by atoms with Crippen molar-refractivity contribution in [2.75, 3.05) is 13.6 Å². The molecule has 0 aliphatic heterocycles. The first-order chi connectivity index (χ1) is 16.0. The highest BCUT2D eigenvalue weighted by atomic mass is 35.5. The van der Waals surface area contributed by atoms with E-state index >= 15 is 0 Å². The van der Waals surface area contributed by atoms with Crippen LogP contribution in [-0.4, -0.2) is 55.1 Å². The second kappa shape index (κ2) is 12.3. The van der Waals surface area contributed by atoms with Crippen LogP contribution >= 0.6 is 11.6 Å². The van der Waals surface area contributed by atoms with E-state index in [2.05, 4.69) is 5.32 Å². The van der Waals surface area contributed by atoms with E-state index in [4.69, 9.17) is 11.6 Å². The molecule has 7 nitrogen and oxygen atoms in total. The average Bonchev–Trinajstić information content (AvgIpc) is 2.80. The molecule has 0 saturated heterocycles. The maximum atomic E-state index is 13.5. The molecule has 0 heterocycles. The van der Waals surface area contributed by atoms with Crippen molar-refractivity contribution in [2.45, 2.75) is 64.1 Å². The fourth-order valence-corrected chi connectivity index (χ4v) is 4.74. The van der Waals surface area contributed by atoms with Crippen LogP contribution in [0, 0.1) is 6.92 Å². The predicted molar refractivity (Wildman–Crippen MR) is 135 cm³/mol. The van der Waals surface area contributed by atoms with Crippen LogP contribution in [-0.2, 0) is 26.2 Å². The van der Waals surface area contributed by atoms with E-state index < -0.39 is 28.5 Å². The third-order valence-electron chi connectivity index (χ3n) is 5.77. The first-order valence-electron chi connectivity index (χ1n) is 11.4. The molecule has 0 bridgehead atoms. The van der Waals surface area contributed by atoms with Crippen molar-refractivity contribution in [3.63, 3.8) is 0 Å². The number of nitrogens with zero attached hydrogens (tertiary/aromatic N) is 2. The summed E-state index contributed by atoms with van der Waals surface area (Å²) >= 11 is 6.33. The minimum Gasteiger partial charge on any atom is -0.352 e. The zero-order chi connectivity index (χ0) is 25.5. The Morgan fingerprint density at radius 1 is 1.03 bits per heavy atom. The molecule has 0 aromatic heterocycles. The molecular formula is C25H34ClN3O4S. The van der Waals surface area contributed by atoms with Gasteiger partial charge in [-0.2, -0.15) is 4.31 Å². The van der Waals surface area contributed by atoms with Gasteiger partial charge in [0.15, 0.2) is 0 Å². The number of nitrogens with one attached hydrogen (secondary N) is 1. The summed E-state index contributed by atoms with van der Waals surface area (Å²) in [6.45, 7) is 7.22. The molecule has 0 unspecified atom stereocenters. The van der Waals surface area contributed by atoms with Gasteiger partial charge in [0, 0.05) is 24.7 Å². The molecule has 2 rings (SSSR count). The summed E-state index contributed by atoms with van der Waals surface area (Å²) in [7, 11) is -2.52. The number of carbonyl (C=O) groups is 2. The minimum absolute atomic E-state index is 0.0524. The topological polar surface area (TPSA) is 86.8 Å². The number of rotatable bonds is 11. The highest BCUT2D eigenvalue weighted by molar-refractivity contribution is 7.89. The molecule has 9 heteroatoms. The SMILES string of the molecule is CC[C@H](C)NC(=O)[C@H](CC)N(Cc1ccccc1Cl)C(=O)CN(C)S(=O)(=O)c1ccc(C)cc1. The summed E-state index contributed by atoms with van der Waals surface area (Å²) in [5.74, 6) is -0.759. The molecule has 1 N–H and O–H groups in total. The molecule has 0 fully saturated rings. The molecule has 2 amide bonds. The molecule has 186 valence electrons. The lowest BCUT2D eigenvalue weighted by Gasteiger charge is -2.32. The molecule has 2 aromatic rings. The van der Waals surface area contributed by atoms with Gasteiger partial charge in [-0.25, -0.2) is 8.42 Å². The lowest BCUT2D eigenvalue weighted by molar-refractivity contribution is -0.141. The smallest absolute Gasteiger partial charge is 0.243 e. The fraction of sp³-hybridized carbons (Fsp3) is 0.440. The molecule has 2 aromatic carbocycles. The summed E-state index contributed by atoms with van der Waals surface area (Å²) in [4.78, 5) is 28.0. The van der Waals surface area contributed by atoms with Gasteiger partial charge in [0.05, 0.1) is 11.4 Å². The minimum atomic E-state index is -3.88. The fourth-order valence-electron chi connectivity index (χ4n) is 3.43. The molecule has 0 spiro atoms. The van der Waals surface area contributed by atoms with Gasteiger partial charge in [-0.15, -0.1) is 0 Å². The van der Waals surface area contributed by atoms with Crippen LogP contribution in [0.2, 0.25) is 5.02 Å². The molecule has 34 heavy (non-hydrogen) atoms. The number of sulfonamides is 1. The van der Waals surface area contributed by atoms with Crippen LogP contribution in [0.3, 0.4) is 0 Å². The Bertz CT molecular complexity index is 1090.